The molecule has 6 nitrogen and oxygen atoms in total. The van der Waals surface area contributed by atoms with Crippen molar-refractivity contribution in [2.45, 2.75) is 33.1 Å². The maximum absolute atomic E-state index is 13.5. The van der Waals surface area contributed by atoms with Crippen molar-refractivity contribution in [3.63, 3.8) is 0 Å². The number of benzene rings is 2. The van der Waals surface area contributed by atoms with Crippen LogP contribution in [0.3, 0.4) is 0 Å². The average Bonchev–Trinajstić information content (AvgIpc) is 3.12. The number of piperazine rings is 1. The Morgan fingerprint density at radius 2 is 1.64 bits per heavy atom. The number of aryl methyl sites for hydroxylation is 1. The molecule has 2 aromatic carbocycles. The minimum absolute atomic E-state index is 0.0592. The van der Waals surface area contributed by atoms with Crippen LogP contribution in [-0.4, -0.2) is 69.3 Å². The van der Waals surface area contributed by atoms with Crippen molar-refractivity contribution in [1.29, 1.82) is 0 Å². The lowest BCUT2D eigenvalue weighted by molar-refractivity contribution is 0.0977. The molecule has 0 bridgehead atoms. The van der Waals surface area contributed by atoms with Crippen LogP contribution in [-0.2, 0) is 13.2 Å². The fourth-order valence-electron chi connectivity index (χ4n) is 4.16. The van der Waals surface area contributed by atoms with E-state index < -0.39 is 0 Å². The molecule has 0 amide bonds. The summed E-state index contributed by atoms with van der Waals surface area (Å²) < 4.78 is 18.0. The van der Waals surface area contributed by atoms with E-state index in [9.17, 15) is 4.39 Å². The van der Waals surface area contributed by atoms with E-state index in [1.165, 1.54) is 23.3 Å². The fourth-order valence-corrected chi connectivity index (χ4v) is 4.46. The van der Waals surface area contributed by atoms with Crippen molar-refractivity contribution in [3.05, 3.63) is 76.1 Å². The highest BCUT2D eigenvalue weighted by Crippen LogP contribution is 2.22. The summed E-state index contributed by atoms with van der Waals surface area (Å²) in [5.74, 6) is 0.596. The third-order valence-corrected chi connectivity index (χ3v) is 6.94. The molecule has 1 fully saturated rings. The molecule has 2 heterocycles. The monoisotopic (exact) mass is 468 g/mol. The Labute approximate surface area is 200 Å². The van der Waals surface area contributed by atoms with Crippen molar-refractivity contribution < 1.29 is 4.39 Å². The summed E-state index contributed by atoms with van der Waals surface area (Å²) in [6.07, 6.45) is 0. The third kappa shape index (κ3) is 5.41. The van der Waals surface area contributed by atoms with Gasteiger partial charge in [-0.15, -0.1) is 0 Å². The van der Waals surface area contributed by atoms with Crippen LogP contribution in [0.4, 0.5) is 4.39 Å². The van der Waals surface area contributed by atoms with E-state index in [0.717, 1.165) is 44.2 Å². The summed E-state index contributed by atoms with van der Waals surface area (Å²) in [5, 5.41) is 4.91. The molecule has 0 N–H and O–H groups in total. The molecular weight excluding hydrogens is 435 g/mol. The Bertz CT molecular complexity index is 1130. The van der Waals surface area contributed by atoms with Gasteiger partial charge >= 0.3 is 0 Å². The summed E-state index contributed by atoms with van der Waals surface area (Å²) in [4.78, 5) is 7.01. The van der Waals surface area contributed by atoms with E-state index in [1.54, 1.807) is 12.1 Å². The largest absolute Gasteiger partial charge is 0.300 e. The van der Waals surface area contributed by atoms with Gasteiger partial charge in [-0.1, -0.05) is 24.3 Å². The Balaban J connectivity index is 1.49. The highest BCUT2D eigenvalue weighted by molar-refractivity contribution is 7.71. The first-order valence-corrected chi connectivity index (χ1v) is 11.9. The van der Waals surface area contributed by atoms with Crippen molar-refractivity contribution in [2.75, 3.05) is 40.3 Å². The molecule has 8 heteroatoms. The molecule has 1 aliphatic rings. The van der Waals surface area contributed by atoms with Crippen LogP contribution in [0.25, 0.3) is 5.69 Å². The molecule has 1 saturated heterocycles. The first-order valence-electron chi connectivity index (χ1n) is 11.4. The summed E-state index contributed by atoms with van der Waals surface area (Å²) >= 11 is 5.84. The molecule has 3 aromatic rings. The van der Waals surface area contributed by atoms with Gasteiger partial charge in [0, 0.05) is 38.4 Å². The van der Waals surface area contributed by atoms with Crippen LogP contribution < -0.4 is 0 Å². The average molecular weight is 469 g/mol. The second-order valence-corrected chi connectivity index (χ2v) is 9.42. The minimum atomic E-state index is -0.261. The number of hydrogen-bond donors (Lipinski definition) is 0. The molecule has 1 atom stereocenters. The quantitative estimate of drug-likeness (QED) is 0.484. The van der Waals surface area contributed by atoms with E-state index in [0.29, 0.717) is 11.4 Å². The van der Waals surface area contributed by atoms with Gasteiger partial charge in [-0.3, -0.25) is 19.3 Å². The first kappa shape index (κ1) is 23.8. The van der Waals surface area contributed by atoms with Gasteiger partial charge in [-0.05, 0) is 75.6 Å². The summed E-state index contributed by atoms with van der Waals surface area (Å²) in [7, 11) is 4.05. The van der Waals surface area contributed by atoms with E-state index in [4.69, 9.17) is 17.3 Å². The lowest BCUT2D eigenvalue weighted by Crippen LogP contribution is -2.46. The highest BCUT2D eigenvalue weighted by atomic mass is 32.1. The minimum Gasteiger partial charge on any atom is -0.300 e. The van der Waals surface area contributed by atoms with Crippen LogP contribution >= 0.6 is 12.2 Å². The number of halogens is 1. The Kier molecular flexibility index (Phi) is 7.38. The van der Waals surface area contributed by atoms with Gasteiger partial charge in [0.05, 0.1) is 12.7 Å². The van der Waals surface area contributed by atoms with Gasteiger partial charge in [0.15, 0.2) is 5.82 Å². The van der Waals surface area contributed by atoms with E-state index >= 15 is 0 Å². The van der Waals surface area contributed by atoms with Crippen LogP contribution in [0.1, 0.15) is 29.9 Å². The van der Waals surface area contributed by atoms with Crippen LogP contribution in [0.2, 0.25) is 0 Å². The zero-order valence-electron chi connectivity index (χ0n) is 19.9. The molecule has 0 saturated carbocycles. The smallest absolute Gasteiger partial charge is 0.203 e. The second kappa shape index (κ2) is 10.3. The molecule has 176 valence electrons. The standard InChI is InChI=1S/C25H33FN6S/c1-19-7-5-6-8-21(19)17-29-13-15-30(16-14-29)18-31-25(33)32(23-11-9-22(26)10-12-23)24(27-31)20(2)28(3)4/h5-12,20H,13-18H2,1-4H3. The predicted octanol–water partition coefficient (Wildman–Crippen LogP) is 4.25. The van der Waals surface area contributed by atoms with Crippen molar-refractivity contribution in [2.24, 2.45) is 0 Å². The van der Waals surface area contributed by atoms with E-state index in [1.807, 2.05) is 23.3 Å². The highest BCUT2D eigenvalue weighted by Gasteiger charge is 2.23. The van der Waals surface area contributed by atoms with Gasteiger partial charge < -0.3 is 0 Å². The normalized spacial score (nSPS) is 16.4. The Morgan fingerprint density at radius 1 is 1.00 bits per heavy atom. The van der Waals surface area contributed by atoms with Crippen LogP contribution in [0.15, 0.2) is 48.5 Å². The first-order chi connectivity index (χ1) is 15.8. The van der Waals surface area contributed by atoms with Gasteiger partial charge in [-0.25, -0.2) is 9.07 Å². The van der Waals surface area contributed by atoms with Gasteiger partial charge in [-0.2, -0.15) is 5.10 Å². The van der Waals surface area contributed by atoms with E-state index in [-0.39, 0.29) is 11.9 Å². The zero-order chi connectivity index (χ0) is 23.5. The maximum atomic E-state index is 13.5. The summed E-state index contributed by atoms with van der Waals surface area (Å²) in [6, 6.07) is 15.1. The second-order valence-electron chi connectivity index (χ2n) is 9.05. The number of rotatable bonds is 7. The Hall–Kier alpha value is -2.39. The topological polar surface area (TPSA) is 32.5 Å². The lowest BCUT2D eigenvalue weighted by atomic mass is 10.1. The SMILES string of the molecule is Cc1ccccc1CN1CCN(Cn2nc(C(C)N(C)C)n(-c3ccc(F)cc3)c2=S)CC1. The fraction of sp³-hybridized carbons (Fsp3) is 0.440. The van der Waals surface area contributed by atoms with Crippen molar-refractivity contribution in [3.8, 4) is 5.69 Å². The number of nitrogens with zero attached hydrogens (tertiary/aromatic N) is 6. The molecular formula is C25H33FN6S. The summed E-state index contributed by atoms with van der Waals surface area (Å²) in [5.41, 5.74) is 3.58. The van der Waals surface area contributed by atoms with Crippen LogP contribution in [0, 0.1) is 17.5 Å². The molecule has 0 spiro atoms. The van der Waals surface area contributed by atoms with E-state index in [2.05, 4.69) is 52.8 Å². The Morgan fingerprint density at radius 3 is 2.27 bits per heavy atom. The summed E-state index contributed by atoms with van der Waals surface area (Å²) in [6.45, 7) is 9.89. The number of aromatic nitrogens is 3. The van der Waals surface area contributed by atoms with Gasteiger partial charge in [0.1, 0.15) is 5.82 Å². The number of hydrogen-bond acceptors (Lipinski definition) is 5. The van der Waals surface area contributed by atoms with Crippen LogP contribution in [0.5, 0.6) is 0 Å². The molecule has 4 rings (SSSR count). The van der Waals surface area contributed by atoms with Crippen molar-refractivity contribution in [1.82, 2.24) is 29.0 Å². The maximum Gasteiger partial charge on any atom is 0.203 e. The predicted molar refractivity (Wildman–Crippen MR) is 132 cm³/mol. The van der Waals surface area contributed by atoms with Crippen molar-refractivity contribution >= 4 is 12.2 Å². The molecule has 1 aromatic heterocycles. The molecule has 1 aliphatic heterocycles. The van der Waals surface area contributed by atoms with Gasteiger partial charge in [0.2, 0.25) is 4.77 Å². The molecule has 0 radical (unpaired) electrons. The molecule has 1 unspecified atom stereocenters. The van der Waals surface area contributed by atoms with Gasteiger partial charge in [0.25, 0.3) is 0 Å². The molecule has 33 heavy (non-hydrogen) atoms. The third-order valence-electron chi connectivity index (χ3n) is 6.55. The zero-order valence-corrected chi connectivity index (χ0v) is 20.7. The lowest BCUT2D eigenvalue weighted by Gasteiger charge is -2.34. The molecule has 0 aliphatic carbocycles.